The maximum Gasteiger partial charge on any atom is 0.219 e. The normalized spacial score (nSPS) is 15.2. The Labute approximate surface area is 181 Å². The Morgan fingerprint density at radius 3 is 2.77 bits per heavy atom. The van der Waals surface area contributed by atoms with Crippen LogP contribution in [0, 0.1) is 6.92 Å². The first kappa shape index (κ1) is 20.4. The van der Waals surface area contributed by atoms with Crippen molar-refractivity contribution in [3.63, 3.8) is 0 Å². The highest BCUT2D eigenvalue weighted by atomic mass is 16.5. The van der Waals surface area contributed by atoms with Crippen LogP contribution in [0.4, 0.5) is 5.82 Å². The molecule has 7 nitrogen and oxygen atoms in total. The summed E-state index contributed by atoms with van der Waals surface area (Å²) in [6.45, 7) is 4.64. The molecule has 1 aromatic heterocycles. The molecule has 0 saturated carbocycles. The smallest absolute Gasteiger partial charge is 0.219 e. The van der Waals surface area contributed by atoms with Gasteiger partial charge in [0, 0.05) is 18.2 Å². The van der Waals surface area contributed by atoms with Crippen LogP contribution in [-0.2, 0) is 11.2 Å². The highest BCUT2D eigenvalue weighted by Crippen LogP contribution is 2.35. The van der Waals surface area contributed by atoms with E-state index in [2.05, 4.69) is 45.8 Å². The van der Waals surface area contributed by atoms with Crippen molar-refractivity contribution in [3.05, 3.63) is 78.0 Å². The molecule has 0 spiro atoms. The van der Waals surface area contributed by atoms with E-state index in [1.807, 2.05) is 54.4 Å². The Kier molecular flexibility index (Phi) is 6.12. The zero-order chi connectivity index (χ0) is 21.6. The Morgan fingerprint density at radius 2 is 2.00 bits per heavy atom. The molecule has 0 radical (unpaired) electrons. The largest absolute Gasteiger partial charge is 0.493 e. The molecule has 1 aliphatic rings. The van der Waals surface area contributed by atoms with Gasteiger partial charge in [-0.25, -0.2) is 15.0 Å². The number of aliphatic imine (C=N–C) groups is 1. The first-order valence-electron chi connectivity index (χ1n) is 10.3. The number of benzene rings is 2. The van der Waals surface area contributed by atoms with Crippen molar-refractivity contribution in [1.29, 1.82) is 0 Å². The van der Waals surface area contributed by atoms with E-state index in [9.17, 15) is 4.79 Å². The highest BCUT2D eigenvalue weighted by molar-refractivity contribution is 5.91. The van der Waals surface area contributed by atoms with E-state index < -0.39 is 0 Å². The van der Waals surface area contributed by atoms with Crippen molar-refractivity contribution in [2.24, 2.45) is 4.99 Å². The minimum Gasteiger partial charge on any atom is -0.493 e. The van der Waals surface area contributed by atoms with E-state index in [-0.39, 0.29) is 6.17 Å². The van der Waals surface area contributed by atoms with E-state index >= 15 is 0 Å². The molecule has 1 unspecified atom stereocenters. The Bertz CT molecular complexity index is 1080. The topological polar surface area (TPSA) is 78.9 Å². The van der Waals surface area contributed by atoms with E-state index in [0.29, 0.717) is 31.2 Å². The number of guanidine groups is 1. The van der Waals surface area contributed by atoms with Crippen molar-refractivity contribution in [1.82, 2.24) is 15.7 Å². The fourth-order valence-corrected chi connectivity index (χ4v) is 3.71. The van der Waals surface area contributed by atoms with Crippen LogP contribution in [0.5, 0.6) is 5.75 Å². The summed E-state index contributed by atoms with van der Waals surface area (Å²) in [4.78, 5) is 20.2. The number of ether oxygens (including phenoxy) is 1. The Hall–Kier alpha value is -3.87. The monoisotopic (exact) mass is 415 g/mol. The minimum absolute atomic E-state index is 0.254. The van der Waals surface area contributed by atoms with Gasteiger partial charge in [-0.1, -0.05) is 42.5 Å². The zero-order valence-corrected chi connectivity index (χ0v) is 17.6. The number of carbonyl (C=O) groups is 1. The first-order valence-corrected chi connectivity index (χ1v) is 10.3. The van der Waals surface area contributed by atoms with Gasteiger partial charge >= 0.3 is 0 Å². The fourth-order valence-electron chi connectivity index (χ4n) is 3.71. The number of rotatable bonds is 7. The molecule has 7 heteroatoms. The second-order valence-corrected chi connectivity index (χ2v) is 7.18. The van der Waals surface area contributed by atoms with Crippen LogP contribution in [0.25, 0.3) is 11.1 Å². The number of hydrazine groups is 1. The van der Waals surface area contributed by atoms with Crippen LogP contribution in [0.3, 0.4) is 0 Å². The number of hydrogen-bond donors (Lipinski definition) is 2. The lowest BCUT2D eigenvalue weighted by atomic mass is 10.00. The van der Waals surface area contributed by atoms with Crippen LogP contribution < -0.4 is 20.5 Å². The number of aryl methyl sites for hydroxylation is 1. The maximum atomic E-state index is 11.0. The van der Waals surface area contributed by atoms with Gasteiger partial charge in [0.15, 0.2) is 0 Å². The molecule has 1 amide bonds. The van der Waals surface area contributed by atoms with Crippen molar-refractivity contribution in [3.8, 4) is 16.9 Å². The van der Waals surface area contributed by atoms with Crippen LogP contribution in [0.2, 0.25) is 0 Å². The first-order chi connectivity index (χ1) is 15.2. The third kappa shape index (κ3) is 4.50. The highest BCUT2D eigenvalue weighted by Gasteiger charge is 2.28. The summed E-state index contributed by atoms with van der Waals surface area (Å²) in [5.74, 6) is 1.94. The van der Waals surface area contributed by atoms with E-state index in [4.69, 9.17) is 4.74 Å². The van der Waals surface area contributed by atoms with Gasteiger partial charge < -0.3 is 4.74 Å². The van der Waals surface area contributed by atoms with Gasteiger partial charge in [-0.3, -0.25) is 15.5 Å². The van der Waals surface area contributed by atoms with Crippen LogP contribution in [-0.4, -0.2) is 30.1 Å². The molecule has 0 aliphatic carbocycles. The lowest BCUT2D eigenvalue weighted by Crippen LogP contribution is -2.46. The van der Waals surface area contributed by atoms with Gasteiger partial charge in [0.25, 0.3) is 0 Å². The number of hydrogen-bond acceptors (Lipinski definition) is 6. The summed E-state index contributed by atoms with van der Waals surface area (Å²) in [6, 6.07) is 20.1. The number of carbonyl (C=O) groups excluding carboxylic acids is 1. The lowest BCUT2D eigenvalue weighted by Gasteiger charge is -2.25. The molecule has 0 bridgehead atoms. The molecule has 31 heavy (non-hydrogen) atoms. The zero-order valence-electron chi connectivity index (χ0n) is 17.6. The number of pyridine rings is 1. The standard InChI is InChI=1S/C24H25N5O2/c1-3-31-20-11-7-8-17(2)23(20)19-12-13-25-21(15-19)29-22(27-24(28-29)26-16-30)14-18-9-5-4-6-10-18/h4-13,15-16,22H,3,14H2,1-2H3,(H2,26,27,28,30). The molecule has 0 saturated heterocycles. The van der Waals surface area contributed by atoms with Gasteiger partial charge in [0.05, 0.1) is 6.61 Å². The maximum absolute atomic E-state index is 11.0. The molecule has 1 aliphatic heterocycles. The summed E-state index contributed by atoms with van der Waals surface area (Å²) < 4.78 is 5.87. The molecule has 1 atom stereocenters. The van der Waals surface area contributed by atoms with Crippen molar-refractivity contribution >= 4 is 18.2 Å². The summed E-state index contributed by atoms with van der Waals surface area (Å²) in [5, 5.41) is 4.49. The SMILES string of the molecule is CCOc1cccc(C)c1-c1ccnc(N2NC(NC=O)=NC2Cc2ccccc2)c1. The second kappa shape index (κ2) is 9.30. The summed E-state index contributed by atoms with van der Waals surface area (Å²) in [5.41, 5.74) is 7.47. The van der Waals surface area contributed by atoms with Crippen molar-refractivity contribution < 1.29 is 9.53 Å². The molecule has 3 aromatic rings. The van der Waals surface area contributed by atoms with Gasteiger partial charge in [-0.15, -0.1) is 0 Å². The van der Waals surface area contributed by atoms with Gasteiger partial charge in [0.2, 0.25) is 12.4 Å². The van der Waals surface area contributed by atoms with E-state index in [1.165, 1.54) is 0 Å². The molecule has 2 N–H and O–H groups in total. The average Bonchev–Trinajstić information content (AvgIpc) is 3.17. The van der Waals surface area contributed by atoms with Crippen LogP contribution in [0.1, 0.15) is 18.1 Å². The number of anilines is 1. The molecule has 158 valence electrons. The molecule has 2 heterocycles. The third-order valence-corrected chi connectivity index (χ3v) is 5.07. The average molecular weight is 415 g/mol. The van der Waals surface area contributed by atoms with Crippen molar-refractivity contribution in [2.75, 3.05) is 11.6 Å². The molecule has 4 rings (SSSR count). The van der Waals surface area contributed by atoms with Crippen LogP contribution >= 0.6 is 0 Å². The van der Waals surface area contributed by atoms with E-state index in [1.54, 1.807) is 6.20 Å². The summed E-state index contributed by atoms with van der Waals surface area (Å²) >= 11 is 0. The third-order valence-electron chi connectivity index (χ3n) is 5.07. The number of amides is 1. The molecule has 0 fully saturated rings. The lowest BCUT2D eigenvalue weighted by molar-refractivity contribution is -0.108. The van der Waals surface area contributed by atoms with Crippen LogP contribution in [0.15, 0.2) is 71.9 Å². The second-order valence-electron chi connectivity index (χ2n) is 7.18. The number of aromatic nitrogens is 1. The quantitative estimate of drug-likeness (QED) is 0.578. The minimum atomic E-state index is -0.254. The molecule has 2 aromatic carbocycles. The molecular formula is C24H25N5O2. The number of nitrogens with one attached hydrogen (secondary N) is 2. The fraction of sp³-hybridized carbons (Fsp3) is 0.208. The van der Waals surface area contributed by atoms with Gasteiger partial charge in [-0.2, -0.15) is 0 Å². The Balaban J connectivity index is 1.68. The van der Waals surface area contributed by atoms with Gasteiger partial charge in [-0.05, 0) is 48.7 Å². The van der Waals surface area contributed by atoms with Gasteiger partial charge in [0.1, 0.15) is 17.7 Å². The van der Waals surface area contributed by atoms with Crippen molar-refractivity contribution in [2.45, 2.75) is 26.4 Å². The Morgan fingerprint density at radius 1 is 1.16 bits per heavy atom. The molecular weight excluding hydrogens is 390 g/mol. The number of nitrogens with zero attached hydrogens (tertiary/aromatic N) is 3. The summed E-state index contributed by atoms with van der Waals surface area (Å²) in [6.07, 6.45) is 2.80. The predicted molar refractivity (Wildman–Crippen MR) is 122 cm³/mol. The summed E-state index contributed by atoms with van der Waals surface area (Å²) in [7, 11) is 0. The predicted octanol–water partition coefficient (Wildman–Crippen LogP) is 3.45. The van der Waals surface area contributed by atoms with E-state index in [0.717, 1.165) is 28.0 Å².